The smallest absolute Gasteiger partial charge is 0.255 e. The first-order valence-electron chi connectivity index (χ1n) is 9.06. The van der Waals surface area contributed by atoms with Crippen LogP contribution >= 0.6 is 0 Å². The molecule has 0 bridgehead atoms. The zero-order chi connectivity index (χ0) is 17.5. The second-order valence-corrected chi connectivity index (χ2v) is 6.41. The predicted molar refractivity (Wildman–Crippen MR) is 99.7 cm³/mol. The van der Waals surface area contributed by atoms with Crippen LogP contribution in [0.15, 0.2) is 48.5 Å². The van der Waals surface area contributed by atoms with Crippen LogP contribution < -0.4 is 10.1 Å². The van der Waals surface area contributed by atoms with Gasteiger partial charge in [0.2, 0.25) is 0 Å². The van der Waals surface area contributed by atoms with E-state index in [-0.39, 0.29) is 5.91 Å². The van der Waals surface area contributed by atoms with Gasteiger partial charge in [-0.25, -0.2) is 0 Å². The van der Waals surface area contributed by atoms with E-state index in [2.05, 4.69) is 34.5 Å². The van der Waals surface area contributed by atoms with Crippen LogP contribution in [0.4, 0.5) is 0 Å². The normalized spacial score (nSPS) is 14.4. The Labute approximate surface area is 149 Å². The molecule has 132 valence electrons. The lowest BCUT2D eigenvalue weighted by molar-refractivity contribution is 0.0947. The highest BCUT2D eigenvalue weighted by atomic mass is 16.5. The largest absolute Gasteiger partial charge is 0.493 e. The van der Waals surface area contributed by atoms with Crippen molar-refractivity contribution in [3.05, 3.63) is 65.2 Å². The number of para-hydroxylation sites is 1. The Morgan fingerprint density at radius 2 is 1.72 bits per heavy atom. The lowest BCUT2D eigenvalue weighted by Gasteiger charge is -2.15. The van der Waals surface area contributed by atoms with Crippen LogP contribution in [0.5, 0.6) is 5.75 Å². The third-order valence-corrected chi connectivity index (χ3v) is 4.51. The third-order valence-electron chi connectivity index (χ3n) is 4.51. The molecule has 0 saturated carbocycles. The van der Waals surface area contributed by atoms with E-state index < -0.39 is 0 Å². The molecule has 1 heterocycles. The molecule has 3 rings (SSSR count). The minimum absolute atomic E-state index is 0.106. The molecule has 4 nitrogen and oxygen atoms in total. The third kappa shape index (κ3) is 4.83. The van der Waals surface area contributed by atoms with Crippen molar-refractivity contribution in [3.63, 3.8) is 0 Å². The van der Waals surface area contributed by atoms with Gasteiger partial charge < -0.3 is 10.1 Å². The molecule has 1 fully saturated rings. The summed E-state index contributed by atoms with van der Waals surface area (Å²) in [6, 6.07) is 15.9. The minimum atomic E-state index is -0.106. The van der Waals surface area contributed by atoms with Crippen LogP contribution in [0.1, 0.15) is 41.3 Å². The average Bonchev–Trinajstić information content (AvgIpc) is 3.15. The van der Waals surface area contributed by atoms with Crippen molar-refractivity contribution in [2.24, 2.45) is 0 Å². The molecule has 0 spiro atoms. The molecule has 4 heteroatoms. The highest BCUT2D eigenvalue weighted by Crippen LogP contribution is 2.18. The number of hydrogen-bond donors (Lipinski definition) is 1. The molecular weight excluding hydrogens is 312 g/mol. The number of nitrogens with one attached hydrogen (secondary N) is 1. The Morgan fingerprint density at radius 3 is 2.44 bits per heavy atom. The molecule has 1 saturated heterocycles. The fraction of sp³-hybridized carbons (Fsp3) is 0.381. The summed E-state index contributed by atoms with van der Waals surface area (Å²) in [7, 11) is 0. The van der Waals surface area contributed by atoms with Crippen molar-refractivity contribution in [1.29, 1.82) is 0 Å². The lowest BCUT2D eigenvalue weighted by atomic mass is 10.1. The van der Waals surface area contributed by atoms with E-state index in [1.807, 2.05) is 25.1 Å². The quantitative estimate of drug-likeness (QED) is 0.838. The summed E-state index contributed by atoms with van der Waals surface area (Å²) in [5, 5.41) is 2.98. The van der Waals surface area contributed by atoms with Crippen LogP contribution in [-0.2, 0) is 13.1 Å². The van der Waals surface area contributed by atoms with Gasteiger partial charge in [-0.05, 0) is 56.1 Å². The highest BCUT2D eigenvalue weighted by molar-refractivity contribution is 5.96. The fourth-order valence-corrected chi connectivity index (χ4v) is 3.17. The summed E-state index contributed by atoms with van der Waals surface area (Å²) in [6.45, 7) is 6.41. The molecule has 2 aromatic carbocycles. The Hall–Kier alpha value is -2.33. The Balaban J connectivity index is 1.55. The van der Waals surface area contributed by atoms with Crippen molar-refractivity contribution in [2.75, 3.05) is 19.7 Å². The van der Waals surface area contributed by atoms with Crippen LogP contribution in [0.2, 0.25) is 0 Å². The number of carbonyl (C=O) groups excluding carboxylic acids is 1. The number of carbonyl (C=O) groups is 1. The van der Waals surface area contributed by atoms with Crippen molar-refractivity contribution in [3.8, 4) is 5.75 Å². The lowest BCUT2D eigenvalue weighted by Crippen LogP contribution is -2.23. The molecule has 1 amide bonds. The van der Waals surface area contributed by atoms with Gasteiger partial charge in [0, 0.05) is 13.1 Å². The molecule has 1 aliphatic heterocycles. The second kappa shape index (κ2) is 8.67. The maximum Gasteiger partial charge on any atom is 0.255 e. The first kappa shape index (κ1) is 17.5. The maximum atomic E-state index is 12.4. The van der Waals surface area contributed by atoms with E-state index in [0.717, 1.165) is 12.1 Å². The number of rotatable bonds is 7. The van der Waals surface area contributed by atoms with E-state index in [1.165, 1.54) is 31.5 Å². The van der Waals surface area contributed by atoms with E-state index >= 15 is 0 Å². The van der Waals surface area contributed by atoms with Gasteiger partial charge in [-0.15, -0.1) is 0 Å². The van der Waals surface area contributed by atoms with E-state index in [1.54, 1.807) is 6.07 Å². The van der Waals surface area contributed by atoms with E-state index in [0.29, 0.717) is 24.5 Å². The molecule has 1 N–H and O–H groups in total. The minimum Gasteiger partial charge on any atom is -0.493 e. The Morgan fingerprint density at radius 1 is 1.04 bits per heavy atom. The fourth-order valence-electron chi connectivity index (χ4n) is 3.17. The van der Waals surface area contributed by atoms with Gasteiger partial charge in [0.1, 0.15) is 5.75 Å². The van der Waals surface area contributed by atoms with E-state index in [4.69, 9.17) is 4.74 Å². The van der Waals surface area contributed by atoms with Crippen LogP contribution in [-0.4, -0.2) is 30.5 Å². The number of amides is 1. The number of ether oxygens (including phenoxy) is 1. The highest BCUT2D eigenvalue weighted by Gasteiger charge is 2.13. The number of likely N-dealkylation sites (tertiary alicyclic amines) is 1. The van der Waals surface area contributed by atoms with Crippen LogP contribution in [0.25, 0.3) is 0 Å². The summed E-state index contributed by atoms with van der Waals surface area (Å²) in [4.78, 5) is 14.9. The molecule has 2 aromatic rings. The molecule has 0 unspecified atom stereocenters. The van der Waals surface area contributed by atoms with Gasteiger partial charge in [-0.3, -0.25) is 9.69 Å². The summed E-state index contributed by atoms with van der Waals surface area (Å²) >= 11 is 0. The first-order chi connectivity index (χ1) is 12.3. The topological polar surface area (TPSA) is 41.6 Å². The molecule has 0 aromatic heterocycles. The van der Waals surface area contributed by atoms with Gasteiger partial charge in [-0.1, -0.05) is 36.4 Å². The van der Waals surface area contributed by atoms with Crippen molar-refractivity contribution in [2.45, 2.75) is 32.9 Å². The van der Waals surface area contributed by atoms with Crippen molar-refractivity contribution in [1.82, 2.24) is 10.2 Å². The molecule has 0 atom stereocenters. The number of benzene rings is 2. The predicted octanol–water partition coefficient (Wildman–Crippen LogP) is 3.61. The molecular formula is C21H26N2O2. The summed E-state index contributed by atoms with van der Waals surface area (Å²) < 4.78 is 5.52. The summed E-state index contributed by atoms with van der Waals surface area (Å²) in [5.41, 5.74) is 3.01. The van der Waals surface area contributed by atoms with Gasteiger partial charge in [-0.2, -0.15) is 0 Å². The zero-order valence-electron chi connectivity index (χ0n) is 14.8. The summed E-state index contributed by atoms with van der Waals surface area (Å²) in [5.74, 6) is 0.522. The van der Waals surface area contributed by atoms with E-state index in [9.17, 15) is 4.79 Å². The Bertz CT molecular complexity index is 691. The molecule has 0 aliphatic carbocycles. The van der Waals surface area contributed by atoms with Gasteiger partial charge in [0.25, 0.3) is 5.91 Å². The Kier molecular flexibility index (Phi) is 6.07. The molecule has 25 heavy (non-hydrogen) atoms. The van der Waals surface area contributed by atoms with Gasteiger partial charge in [0.15, 0.2) is 0 Å². The second-order valence-electron chi connectivity index (χ2n) is 6.41. The SMILES string of the molecule is CCOc1ccccc1C(=O)NCc1ccc(CN2CCCC2)cc1. The first-order valence-corrected chi connectivity index (χ1v) is 9.06. The van der Waals surface area contributed by atoms with Crippen LogP contribution in [0.3, 0.4) is 0 Å². The monoisotopic (exact) mass is 338 g/mol. The molecule has 1 aliphatic rings. The maximum absolute atomic E-state index is 12.4. The zero-order valence-corrected chi connectivity index (χ0v) is 14.8. The van der Waals surface area contributed by atoms with Crippen molar-refractivity contribution >= 4 is 5.91 Å². The van der Waals surface area contributed by atoms with Crippen LogP contribution in [0, 0.1) is 0 Å². The molecule has 0 radical (unpaired) electrons. The van der Waals surface area contributed by atoms with Gasteiger partial charge >= 0.3 is 0 Å². The summed E-state index contributed by atoms with van der Waals surface area (Å²) in [6.07, 6.45) is 2.63. The van der Waals surface area contributed by atoms with Gasteiger partial charge in [0.05, 0.1) is 12.2 Å². The van der Waals surface area contributed by atoms with Crippen molar-refractivity contribution < 1.29 is 9.53 Å². The average molecular weight is 338 g/mol. The standard InChI is InChI=1S/C21H26N2O2/c1-2-25-20-8-4-3-7-19(20)21(24)22-15-17-9-11-18(12-10-17)16-23-13-5-6-14-23/h3-4,7-12H,2,5-6,13-16H2,1H3,(H,22,24). The number of hydrogen-bond acceptors (Lipinski definition) is 3. The number of nitrogens with zero attached hydrogens (tertiary/aromatic N) is 1.